The van der Waals surface area contributed by atoms with Crippen molar-refractivity contribution in [1.82, 2.24) is 29.5 Å². The lowest BCUT2D eigenvalue weighted by Gasteiger charge is -2.39. The van der Waals surface area contributed by atoms with Gasteiger partial charge in [0.1, 0.15) is 28.7 Å². The Bertz CT molecular complexity index is 1520. The van der Waals surface area contributed by atoms with Crippen LogP contribution in [0.1, 0.15) is 23.2 Å². The van der Waals surface area contributed by atoms with Gasteiger partial charge in [0.05, 0.1) is 12.1 Å². The molecular formula is C24H23FN8O3. The number of carbonyl (C=O) groups excluding carboxylic acids is 1. The second-order valence-electron chi connectivity index (χ2n) is 8.79. The van der Waals surface area contributed by atoms with E-state index >= 15 is 0 Å². The summed E-state index contributed by atoms with van der Waals surface area (Å²) in [6.07, 6.45) is 4.96. The smallest absolute Gasteiger partial charge is 0.279 e. The number of carbonyl (C=O) groups is 1. The maximum absolute atomic E-state index is 14.9. The van der Waals surface area contributed by atoms with E-state index < -0.39 is 11.9 Å². The number of fused-ring (bicyclic) bond motifs is 2. The monoisotopic (exact) mass is 490 g/mol. The van der Waals surface area contributed by atoms with E-state index in [-0.39, 0.29) is 40.4 Å². The van der Waals surface area contributed by atoms with Crippen LogP contribution in [0.25, 0.3) is 11.5 Å². The van der Waals surface area contributed by atoms with Crippen LogP contribution in [0.15, 0.2) is 53.6 Å². The number of anilines is 3. The Kier molecular flexibility index (Phi) is 5.37. The highest BCUT2D eigenvalue weighted by Crippen LogP contribution is 2.38. The zero-order valence-corrected chi connectivity index (χ0v) is 19.3. The van der Waals surface area contributed by atoms with E-state index in [4.69, 9.17) is 4.74 Å². The van der Waals surface area contributed by atoms with Gasteiger partial charge in [-0.05, 0) is 43.0 Å². The van der Waals surface area contributed by atoms with Crippen molar-refractivity contribution in [2.75, 3.05) is 24.3 Å². The Morgan fingerprint density at radius 2 is 2.14 bits per heavy atom. The van der Waals surface area contributed by atoms with Gasteiger partial charge in [0.15, 0.2) is 5.65 Å². The second kappa shape index (κ2) is 8.72. The van der Waals surface area contributed by atoms with Crippen LogP contribution < -0.4 is 21.5 Å². The minimum absolute atomic E-state index is 0.0172. The first-order valence-electron chi connectivity index (χ1n) is 11.6. The summed E-state index contributed by atoms with van der Waals surface area (Å²) in [6, 6.07) is 9.97. The molecule has 0 aromatic carbocycles. The fourth-order valence-corrected chi connectivity index (χ4v) is 4.83. The third kappa shape index (κ3) is 3.66. The number of aromatic nitrogens is 5. The summed E-state index contributed by atoms with van der Waals surface area (Å²) in [5.41, 5.74) is -0.372. The first-order chi connectivity index (χ1) is 17.5. The van der Waals surface area contributed by atoms with Crippen LogP contribution in [-0.2, 0) is 4.74 Å². The summed E-state index contributed by atoms with van der Waals surface area (Å²) in [6.45, 7) is 0.677. The van der Waals surface area contributed by atoms with Crippen molar-refractivity contribution >= 4 is 28.9 Å². The number of hydrogen-bond acceptors (Lipinski definition) is 8. The fourth-order valence-electron chi connectivity index (χ4n) is 4.83. The Hall–Kier alpha value is -4.32. The number of halogens is 1. The molecule has 11 nitrogen and oxygen atoms in total. The molecule has 0 bridgehead atoms. The van der Waals surface area contributed by atoms with Crippen molar-refractivity contribution in [3.05, 3.63) is 70.7 Å². The molecule has 1 aliphatic carbocycles. The van der Waals surface area contributed by atoms with Crippen molar-refractivity contribution in [3.63, 3.8) is 0 Å². The van der Waals surface area contributed by atoms with Gasteiger partial charge >= 0.3 is 0 Å². The van der Waals surface area contributed by atoms with Crippen LogP contribution in [0.5, 0.6) is 0 Å². The molecular weight excluding hydrogens is 467 g/mol. The first-order valence-corrected chi connectivity index (χ1v) is 11.6. The van der Waals surface area contributed by atoms with Gasteiger partial charge in [0.25, 0.3) is 11.5 Å². The van der Waals surface area contributed by atoms with Crippen molar-refractivity contribution in [2.45, 2.75) is 25.0 Å². The molecule has 1 aliphatic heterocycles. The van der Waals surface area contributed by atoms with Gasteiger partial charge in [-0.1, -0.05) is 6.07 Å². The first kappa shape index (κ1) is 22.2. The third-order valence-corrected chi connectivity index (χ3v) is 6.67. The van der Waals surface area contributed by atoms with Crippen molar-refractivity contribution in [2.24, 2.45) is 5.92 Å². The molecule has 4 aromatic rings. The summed E-state index contributed by atoms with van der Waals surface area (Å²) >= 11 is 0. The number of pyridine rings is 2. The summed E-state index contributed by atoms with van der Waals surface area (Å²) in [4.78, 5) is 34.8. The lowest BCUT2D eigenvalue weighted by atomic mass is 9.77. The van der Waals surface area contributed by atoms with E-state index in [0.717, 1.165) is 12.8 Å². The zero-order chi connectivity index (χ0) is 24.8. The molecule has 1 amide bonds. The number of nitrogens with zero attached hydrogens (tertiary/aromatic N) is 5. The molecule has 184 valence electrons. The number of rotatable bonds is 6. The molecule has 0 radical (unpaired) electrons. The topological polar surface area (TPSA) is 127 Å². The molecule has 3 atom stereocenters. The van der Waals surface area contributed by atoms with Crippen LogP contribution in [0.2, 0.25) is 0 Å². The van der Waals surface area contributed by atoms with Crippen LogP contribution in [-0.4, -0.2) is 55.9 Å². The van der Waals surface area contributed by atoms with Gasteiger partial charge in [0.2, 0.25) is 5.95 Å². The standard InChI is InChI=1S/C24H23FN8O3/c1-26-18-12-16(28-14-5-4-9-32(24(14)35)17-6-2-3-8-27-17)30-22-19(21(25)31-33(18)22)23(34)29-15-11-13-7-10-36-20(13)15/h2-6,8-9,12-13,15,20,26H,7,10-11H2,1H3,(H,28,30)(H,29,34). The Morgan fingerprint density at radius 3 is 2.92 bits per heavy atom. The predicted octanol–water partition coefficient (Wildman–Crippen LogP) is 2.11. The van der Waals surface area contributed by atoms with Gasteiger partial charge < -0.3 is 20.7 Å². The number of amides is 1. The maximum Gasteiger partial charge on any atom is 0.279 e. The van der Waals surface area contributed by atoms with Gasteiger partial charge in [-0.2, -0.15) is 8.91 Å². The highest BCUT2D eigenvalue weighted by molar-refractivity contribution is 6.00. The molecule has 2 fully saturated rings. The van der Waals surface area contributed by atoms with E-state index in [9.17, 15) is 14.0 Å². The normalized spacial score (nSPS) is 20.6. The molecule has 36 heavy (non-hydrogen) atoms. The van der Waals surface area contributed by atoms with Crippen LogP contribution in [0.4, 0.5) is 21.7 Å². The molecule has 3 unspecified atom stereocenters. The summed E-state index contributed by atoms with van der Waals surface area (Å²) < 4.78 is 23.2. The van der Waals surface area contributed by atoms with Crippen LogP contribution in [0, 0.1) is 11.9 Å². The van der Waals surface area contributed by atoms with E-state index in [2.05, 4.69) is 31.0 Å². The predicted molar refractivity (Wildman–Crippen MR) is 129 cm³/mol. The summed E-state index contributed by atoms with van der Waals surface area (Å²) in [5, 5.41) is 12.7. The van der Waals surface area contributed by atoms with Crippen LogP contribution >= 0.6 is 0 Å². The van der Waals surface area contributed by atoms with E-state index in [1.165, 1.54) is 9.08 Å². The molecule has 4 aromatic heterocycles. The van der Waals surface area contributed by atoms with E-state index in [0.29, 0.717) is 24.2 Å². The fraction of sp³-hybridized carbons (Fsp3) is 0.292. The van der Waals surface area contributed by atoms with E-state index in [1.54, 1.807) is 55.8 Å². The maximum atomic E-state index is 14.9. The SMILES string of the molecule is CNc1cc(Nc2cccn(-c3ccccn3)c2=O)nc2c(C(=O)NC3CC4CCOC43)c(F)nn12. The molecule has 6 rings (SSSR count). The number of ether oxygens (including phenoxy) is 1. The molecule has 5 heterocycles. The molecule has 1 saturated carbocycles. The molecule has 3 N–H and O–H groups in total. The highest BCUT2D eigenvalue weighted by atomic mass is 19.1. The third-order valence-electron chi connectivity index (χ3n) is 6.67. The van der Waals surface area contributed by atoms with E-state index in [1.807, 2.05) is 0 Å². The molecule has 2 aliphatic rings. The summed E-state index contributed by atoms with van der Waals surface area (Å²) in [7, 11) is 1.64. The quantitative estimate of drug-likeness (QED) is 0.375. The van der Waals surface area contributed by atoms with Crippen molar-refractivity contribution in [1.29, 1.82) is 0 Å². The average molecular weight is 490 g/mol. The molecule has 0 spiro atoms. The highest BCUT2D eigenvalue weighted by Gasteiger charge is 2.46. The summed E-state index contributed by atoms with van der Waals surface area (Å²) in [5.74, 6) is -0.0233. The zero-order valence-electron chi connectivity index (χ0n) is 19.3. The molecule has 1 saturated heterocycles. The lowest BCUT2D eigenvalue weighted by molar-refractivity contribution is -0.000613. The minimum atomic E-state index is -0.936. The van der Waals surface area contributed by atoms with Gasteiger partial charge in [-0.25, -0.2) is 9.97 Å². The average Bonchev–Trinajstić information content (AvgIpc) is 3.42. The molecule has 12 heteroatoms. The minimum Gasteiger partial charge on any atom is -0.376 e. The Balaban J connectivity index is 1.35. The van der Waals surface area contributed by atoms with Crippen molar-refractivity contribution in [3.8, 4) is 5.82 Å². The Labute approximate surface area is 204 Å². The Morgan fingerprint density at radius 1 is 1.25 bits per heavy atom. The second-order valence-corrected chi connectivity index (χ2v) is 8.79. The number of hydrogen-bond donors (Lipinski definition) is 3. The largest absolute Gasteiger partial charge is 0.376 e. The van der Waals surface area contributed by atoms with Gasteiger partial charge in [-0.15, -0.1) is 5.10 Å². The number of nitrogens with one attached hydrogen (secondary N) is 3. The lowest BCUT2D eigenvalue weighted by Crippen LogP contribution is -2.54. The van der Waals surface area contributed by atoms with Gasteiger partial charge in [0, 0.05) is 32.1 Å². The van der Waals surface area contributed by atoms with Crippen LogP contribution in [0.3, 0.4) is 0 Å². The van der Waals surface area contributed by atoms with Crippen molar-refractivity contribution < 1.29 is 13.9 Å². The van der Waals surface area contributed by atoms with Gasteiger partial charge in [-0.3, -0.25) is 14.2 Å².